The molecule has 0 saturated carbocycles. The minimum atomic E-state index is -0.149. The van der Waals surface area contributed by atoms with Crippen LogP contribution in [0, 0.1) is 13.8 Å². The Labute approximate surface area is 127 Å². The number of carbonyl (C=O) groups is 1. The van der Waals surface area contributed by atoms with Gasteiger partial charge >= 0.3 is 0 Å². The van der Waals surface area contributed by atoms with Gasteiger partial charge in [-0.3, -0.25) is 4.79 Å². The van der Waals surface area contributed by atoms with Crippen LogP contribution in [0.4, 0.5) is 5.69 Å². The third-order valence-electron chi connectivity index (χ3n) is 3.18. The van der Waals surface area contributed by atoms with Crippen LogP contribution in [0.25, 0.3) is 0 Å². The van der Waals surface area contributed by atoms with Crippen molar-refractivity contribution in [3.8, 4) is 5.75 Å². The van der Waals surface area contributed by atoms with Crippen molar-refractivity contribution in [1.82, 2.24) is 0 Å². The summed E-state index contributed by atoms with van der Waals surface area (Å²) in [5.41, 5.74) is 3.54. The zero-order chi connectivity index (χ0) is 14.7. The van der Waals surface area contributed by atoms with Crippen LogP contribution in [0.5, 0.6) is 5.75 Å². The highest BCUT2D eigenvalue weighted by Crippen LogP contribution is 2.28. The molecule has 0 radical (unpaired) electrons. The fourth-order valence-corrected chi connectivity index (χ4v) is 2.22. The van der Waals surface area contributed by atoms with E-state index in [0.29, 0.717) is 17.0 Å². The number of ether oxygens (including phenoxy) is 1. The van der Waals surface area contributed by atoms with Crippen LogP contribution in [-0.2, 0) is 0 Å². The average Bonchev–Trinajstić information content (AvgIpc) is 2.42. The van der Waals surface area contributed by atoms with Crippen LogP contribution in [0.15, 0.2) is 40.9 Å². The topological polar surface area (TPSA) is 38.3 Å². The Balaban J connectivity index is 2.27. The molecule has 0 aliphatic carbocycles. The van der Waals surface area contributed by atoms with Gasteiger partial charge in [0.05, 0.1) is 12.8 Å². The van der Waals surface area contributed by atoms with E-state index in [1.165, 1.54) is 5.56 Å². The van der Waals surface area contributed by atoms with Gasteiger partial charge in [-0.05, 0) is 55.3 Å². The monoisotopic (exact) mass is 333 g/mol. The van der Waals surface area contributed by atoms with Gasteiger partial charge in [-0.15, -0.1) is 0 Å². The highest BCUT2D eigenvalue weighted by Gasteiger charge is 2.10. The summed E-state index contributed by atoms with van der Waals surface area (Å²) >= 11 is 3.39. The third kappa shape index (κ3) is 3.20. The van der Waals surface area contributed by atoms with E-state index in [2.05, 4.69) is 21.2 Å². The molecule has 0 unspecified atom stereocenters. The van der Waals surface area contributed by atoms with Crippen molar-refractivity contribution in [2.24, 2.45) is 0 Å². The van der Waals surface area contributed by atoms with Crippen molar-refractivity contribution < 1.29 is 9.53 Å². The molecule has 104 valence electrons. The molecule has 0 saturated heterocycles. The van der Waals surface area contributed by atoms with Crippen molar-refractivity contribution >= 4 is 27.5 Å². The number of hydrogen-bond donors (Lipinski definition) is 1. The van der Waals surface area contributed by atoms with Crippen molar-refractivity contribution in [3.63, 3.8) is 0 Å². The molecule has 4 heteroatoms. The van der Waals surface area contributed by atoms with Gasteiger partial charge in [0.2, 0.25) is 0 Å². The Kier molecular flexibility index (Phi) is 4.45. The smallest absolute Gasteiger partial charge is 0.255 e. The van der Waals surface area contributed by atoms with Crippen LogP contribution >= 0.6 is 15.9 Å². The lowest BCUT2D eigenvalue weighted by Crippen LogP contribution is -2.13. The first-order valence-electron chi connectivity index (χ1n) is 6.23. The number of anilines is 1. The fourth-order valence-electron chi connectivity index (χ4n) is 1.86. The Hall–Kier alpha value is -1.81. The first kappa shape index (κ1) is 14.6. The summed E-state index contributed by atoms with van der Waals surface area (Å²) in [4.78, 5) is 12.3. The molecule has 0 bridgehead atoms. The first-order valence-corrected chi connectivity index (χ1v) is 7.02. The second kappa shape index (κ2) is 6.09. The Bertz CT molecular complexity index is 653. The molecule has 0 heterocycles. The maximum absolute atomic E-state index is 12.3. The summed E-state index contributed by atoms with van der Waals surface area (Å²) in [6, 6.07) is 11.1. The number of amides is 1. The second-order valence-corrected chi connectivity index (χ2v) is 5.51. The van der Waals surface area contributed by atoms with E-state index in [-0.39, 0.29) is 5.91 Å². The standard InChI is InChI=1S/C16H16BrNO2/c1-10-4-5-12(8-11(10)2)16(19)18-14-9-13(17)6-7-15(14)20-3/h4-9H,1-3H3,(H,18,19). The quantitative estimate of drug-likeness (QED) is 0.907. The number of rotatable bonds is 3. The Morgan fingerprint density at radius 3 is 2.50 bits per heavy atom. The molecule has 1 amide bonds. The SMILES string of the molecule is COc1ccc(Br)cc1NC(=O)c1ccc(C)c(C)c1. The molecule has 2 aromatic rings. The predicted molar refractivity (Wildman–Crippen MR) is 84.6 cm³/mol. The molecule has 0 atom stereocenters. The van der Waals surface area contributed by atoms with Crippen molar-refractivity contribution in [2.75, 3.05) is 12.4 Å². The zero-order valence-electron chi connectivity index (χ0n) is 11.7. The van der Waals surface area contributed by atoms with E-state index in [9.17, 15) is 4.79 Å². The average molecular weight is 334 g/mol. The number of halogens is 1. The van der Waals surface area contributed by atoms with Crippen molar-refractivity contribution in [2.45, 2.75) is 13.8 Å². The number of methoxy groups -OCH3 is 1. The Morgan fingerprint density at radius 1 is 1.10 bits per heavy atom. The van der Waals surface area contributed by atoms with Gasteiger partial charge in [0, 0.05) is 10.0 Å². The molecule has 1 N–H and O–H groups in total. The zero-order valence-corrected chi connectivity index (χ0v) is 13.2. The van der Waals surface area contributed by atoms with Crippen LogP contribution in [-0.4, -0.2) is 13.0 Å². The highest BCUT2D eigenvalue weighted by molar-refractivity contribution is 9.10. The molecular formula is C16H16BrNO2. The van der Waals surface area contributed by atoms with Gasteiger partial charge in [0.15, 0.2) is 0 Å². The molecule has 0 aliphatic rings. The number of hydrogen-bond acceptors (Lipinski definition) is 2. The maximum Gasteiger partial charge on any atom is 0.255 e. The predicted octanol–water partition coefficient (Wildman–Crippen LogP) is 4.33. The lowest BCUT2D eigenvalue weighted by molar-refractivity contribution is 0.102. The van der Waals surface area contributed by atoms with Crippen LogP contribution in [0.3, 0.4) is 0 Å². The second-order valence-electron chi connectivity index (χ2n) is 4.60. The molecule has 2 aromatic carbocycles. The van der Waals surface area contributed by atoms with Crippen molar-refractivity contribution in [3.05, 3.63) is 57.6 Å². The fraction of sp³-hybridized carbons (Fsp3) is 0.188. The van der Waals surface area contributed by atoms with E-state index >= 15 is 0 Å². The first-order chi connectivity index (χ1) is 9.51. The largest absolute Gasteiger partial charge is 0.495 e. The molecule has 0 aromatic heterocycles. The van der Waals surface area contributed by atoms with Crippen molar-refractivity contribution in [1.29, 1.82) is 0 Å². The summed E-state index contributed by atoms with van der Waals surface area (Å²) in [6.45, 7) is 4.01. The number of benzene rings is 2. The summed E-state index contributed by atoms with van der Waals surface area (Å²) in [5, 5.41) is 2.87. The van der Waals surface area contributed by atoms with Gasteiger partial charge < -0.3 is 10.1 Å². The lowest BCUT2D eigenvalue weighted by Gasteiger charge is -2.11. The van der Waals surface area contributed by atoms with Gasteiger partial charge in [0.1, 0.15) is 5.75 Å². The van der Waals surface area contributed by atoms with Gasteiger partial charge in [-0.1, -0.05) is 22.0 Å². The van der Waals surface area contributed by atoms with Crippen LogP contribution in [0.2, 0.25) is 0 Å². The normalized spacial score (nSPS) is 10.2. The molecule has 0 aliphatic heterocycles. The minimum Gasteiger partial charge on any atom is -0.495 e. The summed E-state index contributed by atoms with van der Waals surface area (Å²) in [7, 11) is 1.58. The van der Waals surface area contributed by atoms with E-state index in [4.69, 9.17) is 4.74 Å². The molecule has 2 rings (SSSR count). The number of carbonyl (C=O) groups excluding carboxylic acids is 1. The number of nitrogens with one attached hydrogen (secondary N) is 1. The van der Waals surface area contributed by atoms with E-state index in [1.807, 2.05) is 44.2 Å². The molecule has 20 heavy (non-hydrogen) atoms. The van der Waals surface area contributed by atoms with Gasteiger partial charge in [0.25, 0.3) is 5.91 Å². The summed E-state index contributed by atoms with van der Waals surface area (Å²) in [6.07, 6.45) is 0. The molecule has 0 fully saturated rings. The maximum atomic E-state index is 12.3. The van der Waals surface area contributed by atoms with Crippen LogP contribution in [0.1, 0.15) is 21.5 Å². The van der Waals surface area contributed by atoms with Gasteiger partial charge in [-0.2, -0.15) is 0 Å². The Morgan fingerprint density at radius 2 is 1.85 bits per heavy atom. The van der Waals surface area contributed by atoms with E-state index in [1.54, 1.807) is 13.2 Å². The summed E-state index contributed by atoms with van der Waals surface area (Å²) < 4.78 is 6.13. The summed E-state index contributed by atoms with van der Waals surface area (Å²) in [5.74, 6) is 0.481. The molecule has 3 nitrogen and oxygen atoms in total. The molecule has 0 spiro atoms. The molecular weight excluding hydrogens is 318 g/mol. The van der Waals surface area contributed by atoms with E-state index < -0.39 is 0 Å². The lowest BCUT2D eigenvalue weighted by atomic mass is 10.1. The minimum absolute atomic E-state index is 0.149. The third-order valence-corrected chi connectivity index (χ3v) is 3.67. The number of aryl methyl sites for hydroxylation is 2. The van der Waals surface area contributed by atoms with Crippen LogP contribution < -0.4 is 10.1 Å². The van der Waals surface area contributed by atoms with Gasteiger partial charge in [-0.25, -0.2) is 0 Å². The highest BCUT2D eigenvalue weighted by atomic mass is 79.9. The van der Waals surface area contributed by atoms with E-state index in [0.717, 1.165) is 10.0 Å².